The highest BCUT2D eigenvalue weighted by atomic mass is 32.1. The van der Waals surface area contributed by atoms with Crippen molar-refractivity contribution < 1.29 is 9.26 Å². The molecule has 98 valence electrons. The lowest BCUT2D eigenvalue weighted by atomic mass is 10.2. The summed E-state index contributed by atoms with van der Waals surface area (Å²) in [6.07, 6.45) is -0.169. The predicted octanol–water partition coefficient (Wildman–Crippen LogP) is 2.64. The zero-order valence-electron chi connectivity index (χ0n) is 10.9. The van der Waals surface area contributed by atoms with E-state index in [1.807, 2.05) is 27.8 Å². The lowest BCUT2D eigenvalue weighted by Gasteiger charge is -2.04. The third-order valence-electron chi connectivity index (χ3n) is 2.53. The van der Waals surface area contributed by atoms with E-state index in [1.54, 1.807) is 0 Å². The van der Waals surface area contributed by atoms with E-state index in [4.69, 9.17) is 9.26 Å². The lowest BCUT2D eigenvalue weighted by molar-refractivity contribution is 0.0683. The smallest absolute Gasteiger partial charge is 0.262 e. The Labute approximate surface area is 110 Å². The van der Waals surface area contributed by atoms with Crippen molar-refractivity contribution in [2.45, 2.75) is 26.9 Å². The molecule has 0 aliphatic carbocycles. The van der Waals surface area contributed by atoms with Gasteiger partial charge in [0.2, 0.25) is 5.82 Å². The molecule has 2 aromatic rings. The maximum absolute atomic E-state index is 5.43. The molecular formula is C11H16N4O2S. The number of hydrogen-bond acceptors (Lipinski definition) is 7. The summed E-state index contributed by atoms with van der Waals surface area (Å²) in [5.74, 6) is 1.03. The largest absolute Gasteiger partial charge is 0.378 e. The first kappa shape index (κ1) is 13.0. The fraction of sp³-hybridized carbons (Fsp3) is 0.545. The molecule has 1 atom stereocenters. The Bertz CT molecular complexity index is 523. The second-order valence-electron chi connectivity index (χ2n) is 3.78. The molecule has 1 N–H and O–H groups in total. The van der Waals surface area contributed by atoms with Gasteiger partial charge in [-0.25, -0.2) is 0 Å². The Balaban J connectivity index is 2.32. The number of rotatable bonds is 5. The van der Waals surface area contributed by atoms with Gasteiger partial charge in [0.25, 0.3) is 5.89 Å². The average Bonchev–Trinajstić information content (AvgIpc) is 2.95. The van der Waals surface area contributed by atoms with Gasteiger partial charge in [0.15, 0.2) is 0 Å². The van der Waals surface area contributed by atoms with E-state index in [1.165, 1.54) is 11.5 Å². The third-order valence-corrected chi connectivity index (χ3v) is 3.48. The van der Waals surface area contributed by atoms with Gasteiger partial charge in [-0.2, -0.15) is 9.36 Å². The maximum atomic E-state index is 5.43. The fourth-order valence-corrected chi connectivity index (χ4v) is 2.36. The summed E-state index contributed by atoms with van der Waals surface area (Å²) < 4.78 is 15.0. The van der Waals surface area contributed by atoms with Gasteiger partial charge >= 0.3 is 0 Å². The van der Waals surface area contributed by atoms with Gasteiger partial charge in [-0.3, -0.25) is 0 Å². The first-order valence-electron chi connectivity index (χ1n) is 5.77. The molecule has 7 heteroatoms. The molecule has 0 bridgehead atoms. The van der Waals surface area contributed by atoms with Crippen LogP contribution in [0.2, 0.25) is 0 Å². The number of hydrogen-bond donors (Lipinski definition) is 1. The Kier molecular flexibility index (Phi) is 3.93. The highest BCUT2D eigenvalue weighted by Crippen LogP contribution is 2.33. The molecular weight excluding hydrogens is 252 g/mol. The zero-order chi connectivity index (χ0) is 13.1. The molecule has 0 aliphatic heterocycles. The molecule has 0 fully saturated rings. The van der Waals surface area contributed by atoms with Crippen molar-refractivity contribution >= 4 is 16.5 Å². The molecule has 0 radical (unpaired) electrons. The minimum absolute atomic E-state index is 0.169. The molecule has 2 heterocycles. The summed E-state index contributed by atoms with van der Waals surface area (Å²) in [6, 6.07) is 0. The minimum Gasteiger partial charge on any atom is -0.378 e. The molecule has 0 spiro atoms. The first-order chi connectivity index (χ1) is 8.67. The van der Waals surface area contributed by atoms with Crippen LogP contribution in [0.25, 0.3) is 11.5 Å². The molecule has 1 unspecified atom stereocenters. The standard InChI is InChI=1S/C11H16N4O2S/c1-5-16-7(3)9-13-10(17-14-9)8-6(2)15-18-11(8)12-4/h7,12H,5H2,1-4H3. The molecule has 0 saturated carbocycles. The van der Waals surface area contributed by atoms with E-state index >= 15 is 0 Å². The van der Waals surface area contributed by atoms with Gasteiger partial charge in [-0.05, 0) is 32.3 Å². The van der Waals surface area contributed by atoms with Crippen molar-refractivity contribution in [3.05, 3.63) is 11.5 Å². The summed E-state index contributed by atoms with van der Waals surface area (Å²) in [7, 11) is 1.84. The fourth-order valence-electron chi connectivity index (χ4n) is 1.62. The van der Waals surface area contributed by atoms with Crippen molar-refractivity contribution in [2.24, 2.45) is 0 Å². The molecule has 0 aromatic carbocycles. The van der Waals surface area contributed by atoms with Crippen LogP contribution >= 0.6 is 11.5 Å². The first-order valence-corrected chi connectivity index (χ1v) is 6.54. The number of nitrogens with zero attached hydrogens (tertiary/aromatic N) is 3. The molecule has 0 aliphatic rings. The van der Waals surface area contributed by atoms with Gasteiger partial charge < -0.3 is 14.6 Å². The molecule has 2 rings (SSSR count). The zero-order valence-corrected chi connectivity index (χ0v) is 11.7. The van der Waals surface area contributed by atoms with Crippen LogP contribution in [-0.2, 0) is 4.74 Å². The van der Waals surface area contributed by atoms with Gasteiger partial charge in [0.05, 0.1) is 11.3 Å². The summed E-state index contributed by atoms with van der Waals surface area (Å²) in [5.41, 5.74) is 1.74. The summed E-state index contributed by atoms with van der Waals surface area (Å²) in [6.45, 7) is 6.37. The van der Waals surface area contributed by atoms with Crippen molar-refractivity contribution in [1.82, 2.24) is 14.5 Å². The molecule has 18 heavy (non-hydrogen) atoms. The Morgan fingerprint density at radius 3 is 2.94 bits per heavy atom. The maximum Gasteiger partial charge on any atom is 0.262 e. The normalized spacial score (nSPS) is 12.7. The minimum atomic E-state index is -0.169. The second-order valence-corrected chi connectivity index (χ2v) is 4.55. The van der Waals surface area contributed by atoms with Gasteiger partial charge in [0.1, 0.15) is 11.1 Å². The monoisotopic (exact) mass is 268 g/mol. The number of aryl methyl sites for hydroxylation is 1. The van der Waals surface area contributed by atoms with E-state index in [9.17, 15) is 0 Å². The van der Waals surface area contributed by atoms with Crippen LogP contribution in [0.3, 0.4) is 0 Å². The van der Waals surface area contributed by atoms with Gasteiger partial charge in [-0.1, -0.05) is 5.16 Å². The topological polar surface area (TPSA) is 73.1 Å². The van der Waals surface area contributed by atoms with Crippen LogP contribution in [0.1, 0.15) is 31.5 Å². The molecule has 6 nitrogen and oxygen atoms in total. The van der Waals surface area contributed by atoms with Crippen molar-refractivity contribution in [3.8, 4) is 11.5 Å². The molecule has 2 aromatic heterocycles. The average molecular weight is 268 g/mol. The molecule has 0 saturated heterocycles. The van der Waals surface area contributed by atoms with E-state index in [0.29, 0.717) is 18.3 Å². The SMILES string of the molecule is CCOC(C)c1noc(-c2c(C)nsc2NC)n1. The number of anilines is 1. The van der Waals surface area contributed by atoms with Crippen LogP contribution in [0, 0.1) is 6.92 Å². The second kappa shape index (κ2) is 5.45. The van der Waals surface area contributed by atoms with Crippen molar-refractivity contribution in [2.75, 3.05) is 19.0 Å². The van der Waals surface area contributed by atoms with Crippen molar-refractivity contribution in [3.63, 3.8) is 0 Å². The predicted molar refractivity (Wildman–Crippen MR) is 69.7 cm³/mol. The Morgan fingerprint density at radius 1 is 1.50 bits per heavy atom. The van der Waals surface area contributed by atoms with Crippen LogP contribution in [0.15, 0.2) is 4.52 Å². The number of ether oxygens (including phenoxy) is 1. The summed E-state index contributed by atoms with van der Waals surface area (Å²) in [4.78, 5) is 4.36. The highest BCUT2D eigenvalue weighted by molar-refractivity contribution is 7.10. The van der Waals surface area contributed by atoms with Crippen molar-refractivity contribution in [1.29, 1.82) is 0 Å². The summed E-state index contributed by atoms with van der Waals surface area (Å²) in [5, 5.41) is 7.94. The molecule has 0 amide bonds. The van der Waals surface area contributed by atoms with Crippen LogP contribution in [0.4, 0.5) is 5.00 Å². The highest BCUT2D eigenvalue weighted by Gasteiger charge is 2.20. The lowest BCUT2D eigenvalue weighted by Crippen LogP contribution is -2.01. The van der Waals surface area contributed by atoms with Gasteiger partial charge in [0, 0.05) is 13.7 Å². The van der Waals surface area contributed by atoms with E-state index in [-0.39, 0.29) is 6.10 Å². The van der Waals surface area contributed by atoms with Gasteiger partial charge in [-0.15, -0.1) is 0 Å². The van der Waals surface area contributed by atoms with Crippen LogP contribution < -0.4 is 5.32 Å². The van der Waals surface area contributed by atoms with E-state index < -0.39 is 0 Å². The van der Waals surface area contributed by atoms with Crippen LogP contribution in [0.5, 0.6) is 0 Å². The van der Waals surface area contributed by atoms with E-state index in [0.717, 1.165) is 16.3 Å². The third kappa shape index (κ3) is 2.37. The van der Waals surface area contributed by atoms with E-state index in [2.05, 4.69) is 19.8 Å². The Morgan fingerprint density at radius 2 is 2.28 bits per heavy atom. The van der Waals surface area contributed by atoms with Crippen LogP contribution in [-0.4, -0.2) is 28.2 Å². The number of nitrogens with one attached hydrogen (secondary N) is 1. The summed E-state index contributed by atoms with van der Waals surface area (Å²) >= 11 is 1.38. The number of aromatic nitrogens is 3. The Hall–Kier alpha value is -1.47. The quantitative estimate of drug-likeness (QED) is 0.898.